The summed E-state index contributed by atoms with van der Waals surface area (Å²) < 4.78 is 11.1. The largest absolute Gasteiger partial charge is 0.377 e. The van der Waals surface area contributed by atoms with E-state index in [2.05, 4.69) is 18.7 Å². The van der Waals surface area contributed by atoms with Crippen molar-refractivity contribution in [1.29, 1.82) is 0 Å². The topological polar surface area (TPSA) is 47.7 Å². The zero-order valence-electron chi connectivity index (χ0n) is 12.9. The molecule has 2 aliphatic rings. The minimum absolute atomic E-state index is 0.166. The molecule has 2 N–H and O–H groups in total. The normalized spacial score (nSPS) is 34.6. The molecular weight excluding hydrogens is 240 g/mol. The van der Waals surface area contributed by atoms with Gasteiger partial charge in [0.25, 0.3) is 0 Å². The predicted molar refractivity (Wildman–Crippen MR) is 77.2 cm³/mol. The fourth-order valence-corrected chi connectivity index (χ4v) is 3.63. The quantitative estimate of drug-likeness (QED) is 0.843. The van der Waals surface area contributed by atoms with Crippen LogP contribution in [0.25, 0.3) is 0 Å². The summed E-state index contributed by atoms with van der Waals surface area (Å²) in [6.45, 7) is 7.38. The van der Waals surface area contributed by atoms with Gasteiger partial charge in [0.15, 0.2) is 0 Å². The summed E-state index contributed by atoms with van der Waals surface area (Å²) in [4.78, 5) is 2.53. The smallest absolute Gasteiger partial charge is 0.0972 e. The Bertz CT molecular complexity index is 285. The molecule has 4 heteroatoms. The first-order valence-electron chi connectivity index (χ1n) is 7.47. The molecular formula is C15H30N2O2. The van der Waals surface area contributed by atoms with Crippen LogP contribution in [-0.2, 0) is 9.47 Å². The molecule has 0 radical (unpaired) electrons. The SMILES string of the molecule is COC1CN(C2(CN)CCC(C)(C)CC2)CC1OC. The van der Waals surface area contributed by atoms with Gasteiger partial charge in [0, 0.05) is 39.4 Å². The van der Waals surface area contributed by atoms with E-state index in [0.717, 1.165) is 19.6 Å². The van der Waals surface area contributed by atoms with Gasteiger partial charge >= 0.3 is 0 Å². The van der Waals surface area contributed by atoms with Crippen molar-refractivity contribution < 1.29 is 9.47 Å². The van der Waals surface area contributed by atoms with Crippen molar-refractivity contribution in [2.45, 2.75) is 57.3 Å². The van der Waals surface area contributed by atoms with Gasteiger partial charge in [0.2, 0.25) is 0 Å². The first kappa shape index (κ1) is 15.2. The van der Waals surface area contributed by atoms with E-state index < -0.39 is 0 Å². The van der Waals surface area contributed by atoms with Crippen LogP contribution in [0.3, 0.4) is 0 Å². The number of hydrogen-bond donors (Lipinski definition) is 1. The molecule has 0 aromatic carbocycles. The van der Waals surface area contributed by atoms with Crippen molar-refractivity contribution in [2.75, 3.05) is 33.9 Å². The molecule has 1 aliphatic heterocycles. The van der Waals surface area contributed by atoms with E-state index in [9.17, 15) is 0 Å². The van der Waals surface area contributed by atoms with Gasteiger partial charge in [-0.25, -0.2) is 0 Å². The Kier molecular flexibility index (Phi) is 4.56. The maximum absolute atomic E-state index is 6.16. The highest BCUT2D eigenvalue weighted by atomic mass is 16.5. The highest BCUT2D eigenvalue weighted by molar-refractivity contribution is 5.02. The van der Waals surface area contributed by atoms with E-state index in [1.165, 1.54) is 25.7 Å². The summed E-state index contributed by atoms with van der Waals surface area (Å²) in [5, 5.41) is 0. The zero-order valence-corrected chi connectivity index (χ0v) is 12.9. The number of nitrogens with two attached hydrogens (primary N) is 1. The number of methoxy groups -OCH3 is 2. The maximum Gasteiger partial charge on any atom is 0.0972 e. The van der Waals surface area contributed by atoms with Gasteiger partial charge in [-0.2, -0.15) is 0 Å². The van der Waals surface area contributed by atoms with Crippen LogP contribution >= 0.6 is 0 Å². The fourth-order valence-electron chi connectivity index (χ4n) is 3.63. The minimum Gasteiger partial charge on any atom is -0.377 e. The second kappa shape index (κ2) is 5.68. The molecule has 0 amide bonds. The van der Waals surface area contributed by atoms with Crippen LogP contribution in [0.15, 0.2) is 0 Å². The van der Waals surface area contributed by atoms with Crippen LogP contribution in [0, 0.1) is 5.41 Å². The lowest BCUT2D eigenvalue weighted by molar-refractivity contribution is -0.00461. The third-order valence-electron chi connectivity index (χ3n) is 5.41. The van der Waals surface area contributed by atoms with Crippen molar-refractivity contribution in [3.63, 3.8) is 0 Å². The molecule has 1 heterocycles. The van der Waals surface area contributed by atoms with Crippen molar-refractivity contribution in [1.82, 2.24) is 4.90 Å². The summed E-state index contributed by atoms with van der Waals surface area (Å²) in [7, 11) is 3.55. The van der Waals surface area contributed by atoms with Gasteiger partial charge in [0.1, 0.15) is 0 Å². The summed E-state index contributed by atoms with van der Waals surface area (Å²) in [5.74, 6) is 0. The standard InChI is InChI=1S/C15H30N2O2/c1-14(2)5-7-15(11-16,8-6-14)17-9-12(18-3)13(10-17)19-4/h12-13H,5-11,16H2,1-4H3. The molecule has 2 rings (SSSR count). The maximum atomic E-state index is 6.16. The Balaban J connectivity index is 2.07. The Morgan fingerprint density at radius 1 is 1.00 bits per heavy atom. The van der Waals surface area contributed by atoms with Crippen molar-refractivity contribution in [3.8, 4) is 0 Å². The molecule has 2 unspecified atom stereocenters. The van der Waals surface area contributed by atoms with Crippen molar-refractivity contribution in [3.05, 3.63) is 0 Å². The Morgan fingerprint density at radius 3 is 1.84 bits per heavy atom. The monoisotopic (exact) mass is 270 g/mol. The predicted octanol–water partition coefficient (Wildman–Crippen LogP) is 1.63. The average Bonchev–Trinajstić information content (AvgIpc) is 2.83. The Morgan fingerprint density at radius 2 is 1.47 bits per heavy atom. The first-order chi connectivity index (χ1) is 8.96. The van der Waals surface area contributed by atoms with Crippen LogP contribution in [0.5, 0.6) is 0 Å². The molecule has 2 atom stereocenters. The van der Waals surface area contributed by atoms with Crippen LogP contribution in [0.2, 0.25) is 0 Å². The number of hydrogen-bond acceptors (Lipinski definition) is 4. The molecule has 0 aromatic rings. The van der Waals surface area contributed by atoms with Crippen LogP contribution < -0.4 is 5.73 Å². The lowest BCUT2D eigenvalue weighted by Crippen LogP contribution is -2.56. The third kappa shape index (κ3) is 2.97. The van der Waals surface area contributed by atoms with E-state index >= 15 is 0 Å². The van der Waals surface area contributed by atoms with E-state index in [4.69, 9.17) is 15.2 Å². The van der Waals surface area contributed by atoms with Gasteiger partial charge in [0.05, 0.1) is 12.2 Å². The van der Waals surface area contributed by atoms with E-state index in [-0.39, 0.29) is 17.7 Å². The lowest BCUT2D eigenvalue weighted by Gasteiger charge is -2.48. The second-order valence-electron chi connectivity index (χ2n) is 7.05. The van der Waals surface area contributed by atoms with Gasteiger partial charge in [-0.15, -0.1) is 0 Å². The average molecular weight is 270 g/mol. The summed E-state index contributed by atoms with van der Waals surface area (Å²) in [6.07, 6.45) is 5.28. The number of rotatable bonds is 4. The Hall–Kier alpha value is -0.160. The number of nitrogens with zero attached hydrogens (tertiary/aromatic N) is 1. The molecule has 19 heavy (non-hydrogen) atoms. The Labute approximate surface area is 117 Å². The molecule has 112 valence electrons. The summed E-state index contributed by atoms with van der Waals surface area (Å²) in [5.41, 5.74) is 6.80. The molecule has 4 nitrogen and oxygen atoms in total. The molecule has 1 aliphatic carbocycles. The van der Waals surface area contributed by atoms with Crippen LogP contribution in [-0.4, -0.2) is 56.5 Å². The summed E-state index contributed by atoms with van der Waals surface area (Å²) in [6, 6.07) is 0. The molecule has 1 saturated heterocycles. The van der Waals surface area contributed by atoms with E-state index in [1.807, 2.05) is 0 Å². The van der Waals surface area contributed by atoms with Crippen LogP contribution in [0.1, 0.15) is 39.5 Å². The summed E-state index contributed by atoms with van der Waals surface area (Å²) >= 11 is 0. The molecule has 0 aromatic heterocycles. The molecule has 1 saturated carbocycles. The number of likely N-dealkylation sites (tertiary alicyclic amines) is 1. The van der Waals surface area contributed by atoms with Gasteiger partial charge in [-0.1, -0.05) is 13.8 Å². The minimum atomic E-state index is 0.166. The van der Waals surface area contributed by atoms with Crippen molar-refractivity contribution >= 4 is 0 Å². The molecule has 0 spiro atoms. The first-order valence-corrected chi connectivity index (χ1v) is 7.47. The van der Waals surface area contributed by atoms with Gasteiger partial charge < -0.3 is 15.2 Å². The molecule has 0 bridgehead atoms. The van der Waals surface area contributed by atoms with Gasteiger partial charge in [-0.3, -0.25) is 4.90 Å². The van der Waals surface area contributed by atoms with E-state index in [0.29, 0.717) is 5.41 Å². The molecule has 2 fully saturated rings. The zero-order chi connectivity index (χ0) is 14.1. The van der Waals surface area contributed by atoms with Crippen LogP contribution in [0.4, 0.5) is 0 Å². The second-order valence-corrected chi connectivity index (χ2v) is 7.05. The fraction of sp³-hybridized carbons (Fsp3) is 1.00. The third-order valence-corrected chi connectivity index (χ3v) is 5.41. The van der Waals surface area contributed by atoms with E-state index in [1.54, 1.807) is 14.2 Å². The van der Waals surface area contributed by atoms with Crippen molar-refractivity contribution in [2.24, 2.45) is 11.1 Å². The number of ether oxygens (including phenoxy) is 2. The lowest BCUT2D eigenvalue weighted by atomic mass is 9.69. The van der Waals surface area contributed by atoms with Gasteiger partial charge in [-0.05, 0) is 31.1 Å². The highest BCUT2D eigenvalue weighted by Crippen LogP contribution is 2.43. The highest BCUT2D eigenvalue weighted by Gasteiger charge is 2.46.